The average molecular weight is 252 g/mol. The number of carboxylic acid groups (broad SMARTS) is 1. The number of aromatic carboxylic acids is 1. The lowest BCUT2D eigenvalue weighted by atomic mass is 10.2. The van der Waals surface area contributed by atoms with E-state index in [1.165, 1.54) is 4.68 Å². The van der Waals surface area contributed by atoms with Gasteiger partial charge in [0.25, 0.3) is 0 Å². The van der Waals surface area contributed by atoms with Crippen molar-refractivity contribution in [3.8, 4) is 0 Å². The first-order chi connectivity index (χ1) is 8.08. The normalized spacial score (nSPS) is 10.5. The highest BCUT2D eigenvalue weighted by atomic mass is 35.5. The van der Waals surface area contributed by atoms with Crippen molar-refractivity contribution in [2.45, 2.75) is 13.5 Å². The van der Waals surface area contributed by atoms with Crippen molar-refractivity contribution in [3.63, 3.8) is 0 Å². The van der Waals surface area contributed by atoms with Crippen molar-refractivity contribution in [1.29, 1.82) is 0 Å². The van der Waals surface area contributed by atoms with Crippen molar-refractivity contribution in [3.05, 3.63) is 46.2 Å². The van der Waals surface area contributed by atoms with E-state index in [1.807, 2.05) is 12.1 Å². The molecule has 0 aliphatic heterocycles. The Bertz CT molecular complexity index is 548. The third-order valence-corrected chi connectivity index (χ3v) is 2.60. The summed E-state index contributed by atoms with van der Waals surface area (Å²) in [7, 11) is 0. The number of carboxylic acids is 1. The maximum atomic E-state index is 11.0. The molecule has 0 bridgehead atoms. The summed E-state index contributed by atoms with van der Waals surface area (Å²) in [5.74, 6) is -1.03. The lowest BCUT2D eigenvalue weighted by molar-refractivity contribution is 0.0683. The minimum atomic E-state index is -1.03. The van der Waals surface area contributed by atoms with E-state index in [4.69, 9.17) is 16.7 Å². The van der Waals surface area contributed by atoms with E-state index in [0.717, 1.165) is 5.56 Å². The predicted molar refractivity (Wildman–Crippen MR) is 62.3 cm³/mol. The van der Waals surface area contributed by atoms with Gasteiger partial charge in [0.2, 0.25) is 0 Å². The van der Waals surface area contributed by atoms with Gasteiger partial charge in [-0.1, -0.05) is 28.9 Å². The van der Waals surface area contributed by atoms with E-state index in [9.17, 15) is 4.79 Å². The van der Waals surface area contributed by atoms with Crippen LogP contribution < -0.4 is 0 Å². The summed E-state index contributed by atoms with van der Waals surface area (Å²) < 4.78 is 1.36. The molecule has 0 amide bonds. The van der Waals surface area contributed by atoms with Crippen LogP contribution in [0.25, 0.3) is 0 Å². The van der Waals surface area contributed by atoms with E-state index >= 15 is 0 Å². The van der Waals surface area contributed by atoms with Crippen LogP contribution in [-0.2, 0) is 6.54 Å². The van der Waals surface area contributed by atoms with E-state index in [2.05, 4.69) is 10.3 Å². The first-order valence-electron chi connectivity index (χ1n) is 4.96. The second kappa shape index (κ2) is 4.55. The average Bonchev–Trinajstić information content (AvgIpc) is 2.63. The summed E-state index contributed by atoms with van der Waals surface area (Å²) >= 11 is 5.77. The van der Waals surface area contributed by atoms with Crippen LogP contribution in [0.3, 0.4) is 0 Å². The molecule has 1 heterocycles. The van der Waals surface area contributed by atoms with Crippen LogP contribution in [0.1, 0.15) is 21.7 Å². The van der Waals surface area contributed by atoms with Crippen LogP contribution in [0.5, 0.6) is 0 Å². The zero-order valence-electron chi connectivity index (χ0n) is 9.09. The SMILES string of the molecule is Cc1nnn(Cc2ccc(Cl)cc2)c1C(=O)O. The monoisotopic (exact) mass is 251 g/mol. The summed E-state index contributed by atoms with van der Waals surface area (Å²) in [4.78, 5) is 11.0. The number of aryl methyl sites for hydroxylation is 1. The molecule has 0 saturated carbocycles. The topological polar surface area (TPSA) is 68.0 Å². The van der Waals surface area contributed by atoms with Crippen LogP contribution in [0, 0.1) is 6.92 Å². The van der Waals surface area contributed by atoms with Gasteiger partial charge >= 0.3 is 5.97 Å². The van der Waals surface area contributed by atoms with Crippen LogP contribution in [-0.4, -0.2) is 26.1 Å². The molecule has 0 unspecified atom stereocenters. The summed E-state index contributed by atoms with van der Waals surface area (Å²) in [5, 5.41) is 17.2. The van der Waals surface area contributed by atoms with Crippen LogP contribution >= 0.6 is 11.6 Å². The van der Waals surface area contributed by atoms with Crippen molar-refractivity contribution >= 4 is 17.6 Å². The summed E-state index contributed by atoms with van der Waals surface area (Å²) in [6, 6.07) is 7.15. The number of nitrogens with zero attached hydrogens (tertiary/aromatic N) is 3. The van der Waals surface area contributed by atoms with Gasteiger partial charge in [-0.3, -0.25) is 0 Å². The number of hydrogen-bond acceptors (Lipinski definition) is 3. The van der Waals surface area contributed by atoms with Crippen molar-refractivity contribution in [1.82, 2.24) is 15.0 Å². The molecule has 0 spiro atoms. The Morgan fingerprint density at radius 3 is 2.65 bits per heavy atom. The van der Waals surface area contributed by atoms with Crippen molar-refractivity contribution in [2.75, 3.05) is 0 Å². The Hall–Kier alpha value is -1.88. The van der Waals surface area contributed by atoms with E-state index in [1.54, 1.807) is 19.1 Å². The standard InChI is InChI=1S/C11H10ClN3O2/c1-7-10(11(16)17)15(14-13-7)6-8-2-4-9(12)5-3-8/h2-5H,6H2,1H3,(H,16,17). The van der Waals surface area contributed by atoms with Gasteiger partial charge in [-0.05, 0) is 24.6 Å². The molecule has 0 fully saturated rings. The Kier molecular flexibility index (Phi) is 3.10. The van der Waals surface area contributed by atoms with E-state index in [-0.39, 0.29) is 5.69 Å². The molecule has 0 saturated heterocycles. The minimum Gasteiger partial charge on any atom is -0.476 e. The first-order valence-corrected chi connectivity index (χ1v) is 5.33. The largest absolute Gasteiger partial charge is 0.476 e. The number of hydrogen-bond donors (Lipinski definition) is 1. The van der Waals surface area contributed by atoms with Gasteiger partial charge in [0.15, 0.2) is 5.69 Å². The fourth-order valence-electron chi connectivity index (χ4n) is 1.54. The second-order valence-electron chi connectivity index (χ2n) is 3.61. The molecule has 2 rings (SSSR count). The third-order valence-electron chi connectivity index (χ3n) is 2.35. The molecule has 0 atom stereocenters. The Labute approximate surface area is 103 Å². The molecular weight excluding hydrogens is 242 g/mol. The van der Waals surface area contributed by atoms with Gasteiger partial charge in [0.1, 0.15) is 0 Å². The van der Waals surface area contributed by atoms with Gasteiger partial charge in [-0.2, -0.15) is 0 Å². The lowest BCUT2D eigenvalue weighted by Crippen LogP contribution is -2.11. The highest BCUT2D eigenvalue weighted by molar-refractivity contribution is 6.30. The quantitative estimate of drug-likeness (QED) is 0.906. The summed E-state index contributed by atoms with van der Waals surface area (Å²) in [6.07, 6.45) is 0. The number of carbonyl (C=O) groups is 1. The molecule has 1 N–H and O–H groups in total. The lowest BCUT2D eigenvalue weighted by Gasteiger charge is -2.03. The smallest absolute Gasteiger partial charge is 0.356 e. The van der Waals surface area contributed by atoms with E-state index < -0.39 is 5.97 Å². The molecule has 1 aromatic carbocycles. The highest BCUT2D eigenvalue weighted by Crippen LogP contribution is 2.12. The molecule has 5 nitrogen and oxygen atoms in total. The molecule has 88 valence electrons. The zero-order valence-corrected chi connectivity index (χ0v) is 9.85. The summed E-state index contributed by atoms with van der Waals surface area (Å²) in [5.41, 5.74) is 1.44. The van der Waals surface area contributed by atoms with Crippen LogP contribution in [0.2, 0.25) is 5.02 Å². The molecule has 0 radical (unpaired) electrons. The fourth-order valence-corrected chi connectivity index (χ4v) is 1.66. The van der Waals surface area contributed by atoms with Gasteiger partial charge in [-0.25, -0.2) is 9.48 Å². The molecule has 0 aliphatic carbocycles. The number of halogens is 1. The fraction of sp³-hybridized carbons (Fsp3) is 0.182. The van der Waals surface area contributed by atoms with Gasteiger partial charge in [-0.15, -0.1) is 5.10 Å². The Morgan fingerprint density at radius 1 is 1.41 bits per heavy atom. The van der Waals surface area contributed by atoms with Crippen molar-refractivity contribution in [2.24, 2.45) is 0 Å². The number of aromatic nitrogens is 3. The maximum absolute atomic E-state index is 11.0. The molecule has 1 aromatic heterocycles. The van der Waals surface area contributed by atoms with Gasteiger partial charge < -0.3 is 5.11 Å². The molecule has 6 heteroatoms. The number of benzene rings is 1. The molecule has 2 aromatic rings. The van der Waals surface area contributed by atoms with Crippen molar-refractivity contribution < 1.29 is 9.90 Å². The second-order valence-corrected chi connectivity index (χ2v) is 4.05. The first kappa shape index (κ1) is 11.6. The van der Waals surface area contributed by atoms with Gasteiger partial charge in [0.05, 0.1) is 12.2 Å². The number of rotatable bonds is 3. The molecule has 17 heavy (non-hydrogen) atoms. The van der Waals surface area contributed by atoms with E-state index in [0.29, 0.717) is 17.3 Å². The Balaban J connectivity index is 2.30. The third kappa shape index (κ3) is 2.45. The summed E-state index contributed by atoms with van der Waals surface area (Å²) in [6.45, 7) is 1.98. The minimum absolute atomic E-state index is 0.111. The molecule has 0 aliphatic rings. The Morgan fingerprint density at radius 2 is 2.06 bits per heavy atom. The van der Waals surface area contributed by atoms with Crippen LogP contribution in [0.4, 0.5) is 0 Å². The predicted octanol–water partition coefficient (Wildman–Crippen LogP) is 1.99. The van der Waals surface area contributed by atoms with Crippen LogP contribution in [0.15, 0.2) is 24.3 Å². The van der Waals surface area contributed by atoms with Gasteiger partial charge in [0, 0.05) is 5.02 Å². The highest BCUT2D eigenvalue weighted by Gasteiger charge is 2.16. The zero-order chi connectivity index (χ0) is 12.4. The molecular formula is C11H10ClN3O2. The maximum Gasteiger partial charge on any atom is 0.356 e.